The first-order valence-electron chi connectivity index (χ1n) is 7.12. The third kappa shape index (κ3) is 1.76. The van der Waals surface area contributed by atoms with Gasteiger partial charge in [0.2, 0.25) is 0 Å². The van der Waals surface area contributed by atoms with Crippen LogP contribution in [0.4, 0.5) is 5.69 Å². The van der Waals surface area contributed by atoms with Crippen LogP contribution in [-0.2, 0) is 0 Å². The highest BCUT2D eigenvalue weighted by Crippen LogP contribution is 2.48. The molecule has 0 fully saturated rings. The van der Waals surface area contributed by atoms with Gasteiger partial charge in [0.25, 0.3) is 0 Å². The average Bonchev–Trinajstić information content (AvgIpc) is 2.83. The van der Waals surface area contributed by atoms with E-state index in [-0.39, 0.29) is 0 Å². The minimum atomic E-state index is 1.03. The molecule has 0 N–H and O–H groups in total. The summed E-state index contributed by atoms with van der Waals surface area (Å²) in [6, 6.07) is 19.4. The summed E-state index contributed by atoms with van der Waals surface area (Å²) >= 11 is 0. The number of benzene rings is 3. The van der Waals surface area contributed by atoms with Gasteiger partial charge in [-0.05, 0) is 33.7 Å². The Hall–Kier alpha value is -2.61. The van der Waals surface area contributed by atoms with Crippen LogP contribution in [0.15, 0.2) is 59.6 Å². The van der Waals surface area contributed by atoms with E-state index >= 15 is 0 Å². The van der Waals surface area contributed by atoms with Gasteiger partial charge in [-0.3, -0.25) is 0 Å². The zero-order valence-corrected chi connectivity index (χ0v) is 12.2. The zero-order valence-electron chi connectivity index (χ0n) is 12.2. The van der Waals surface area contributed by atoms with Crippen molar-refractivity contribution in [3.63, 3.8) is 0 Å². The third-order valence-corrected chi connectivity index (χ3v) is 3.95. The molecule has 0 bridgehead atoms. The number of nitrogens with zero attached hydrogens (tertiary/aromatic N) is 2. The van der Waals surface area contributed by atoms with E-state index in [9.17, 15) is 0 Å². The van der Waals surface area contributed by atoms with Gasteiger partial charge in [0.15, 0.2) is 0 Å². The Balaban J connectivity index is 2.04. The van der Waals surface area contributed by atoms with Gasteiger partial charge in [-0.25, -0.2) is 4.99 Å². The van der Waals surface area contributed by atoms with Gasteiger partial charge in [0, 0.05) is 19.5 Å². The first-order chi connectivity index (χ1) is 10.3. The van der Waals surface area contributed by atoms with Crippen molar-refractivity contribution in [1.29, 1.82) is 0 Å². The standard InChI is InChI=1S/C19H16N2/c1-21(2)12-20-18-11-10-16-14-7-4-3-6-13(14)15-8-5-9-17(18)19(15)16/h3-12H,1-2H3. The Kier molecular flexibility index (Phi) is 2.58. The summed E-state index contributed by atoms with van der Waals surface area (Å²) in [5.74, 6) is 0. The largest absolute Gasteiger partial charge is 0.369 e. The molecule has 2 nitrogen and oxygen atoms in total. The molecule has 3 aromatic carbocycles. The Morgan fingerprint density at radius 2 is 1.43 bits per heavy atom. The minimum absolute atomic E-state index is 1.03. The Morgan fingerprint density at radius 3 is 2.14 bits per heavy atom. The molecule has 1 aliphatic carbocycles. The van der Waals surface area contributed by atoms with Gasteiger partial charge in [0.05, 0.1) is 12.0 Å². The maximum absolute atomic E-state index is 4.61. The average molecular weight is 272 g/mol. The van der Waals surface area contributed by atoms with Crippen LogP contribution in [0.1, 0.15) is 0 Å². The van der Waals surface area contributed by atoms with E-state index in [4.69, 9.17) is 0 Å². The van der Waals surface area contributed by atoms with Crippen LogP contribution in [0.5, 0.6) is 0 Å². The predicted octanol–water partition coefficient (Wildman–Crippen LogP) is 4.71. The highest BCUT2D eigenvalue weighted by Gasteiger charge is 2.21. The second kappa shape index (κ2) is 4.45. The van der Waals surface area contributed by atoms with E-state index in [2.05, 4.69) is 59.6 Å². The molecule has 3 aromatic rings. The van der Waals surface area contributed by atoms with Gasteiger partial charge < -0.3 is 4.90 Å². The summed E-state index contributed by atoms with van der Waals surface area (Å²) in [4.78, 5) is 6.56. The molecule has 102 valence electrons. The van der Waals surface area contributed by atoms with Crippen LogP contribution in [0, 0.1) is 0 Å². The molecule has 4 rings (SSSR count). The van der Waals surface area contributed by atoms with Crippen LogP contribution in [-0.4, -0.2) is 25.3 Å². The van der Waals surface area contributed by atoms with Crippen LogP contribution in [0.25, 0.3) is 33.0 Å². The molecule has 1 aliphatic rings. The van der Waals surface area contributed by atoms with Gasteiger partial charge in [0.1, 0.15) is 0 Å². The van der Waals surface area contributed by atoms with Crippen molar-refractivity contribution < 1.29 is 0 Å². The smallest absolute Gasteiger partial charge is 0.0907 e. The molecule has 0 aromatic heterocycles. The Labute approximate surface area is 124 Å². The summed E-state index contributed by atoms with van der Waals surface area (Å²) in [6.45, 7) is 0. The molecule has 0 atom stereocenters. The van der Waals surface area contributed by atoms with E-state index in [1.54, 1.807) is 0 Å². The van der Waals surface area contributed by atoms with Crippen LogP contribution in [0.3, 0.4) is 0 Å². The van der Waals surface area contributed by atoms with E-state index < -0.39 is 0 Å². The van der Waals surface area contributed by atoms with Gasteiger partial charge in [-0.2, -0.15) is 0 Å². The number of hydrogen-bond acceptors (Lipinski definition) is 1. The first kappa shape index (κ1) is 12.2. The quantitative estimate of drug-likeness (QED) is 0.381. The van der Waals surface area contributed by atoms with Crippen molar-refractivity contribution in [3.8, 4) is 22.3 Å². The Morgan fingerprint density at radius 1 is 0.762 bits per heavy atom. The van der Waals surface area contributed by atoms with Crippen molar-refractivity contribution in [3.05, 3.63) is 54.6 Å². The molecule has 0 unspecified atom stereocenters. The lowest BCUT2D eigenvalue weighted by Crippen LogP contribution is -2.06. The maximum atomic E-state index is 4.61. The normalized spacial score (nSPS) is 12.1. The maximum Gasteiger partial charge on any atom is 0.0907 e. The molecular formula is C19H16N2. The monoisotopic (exact) mass is 272 g/mol. The van der Waals surface area contributed by atoms with Crippen LogP contribution >= 0.6 is 0 Å². The molecule has 0 saturated carbocycles. The number of aliphatic imine (C=N–C) groups is 1. The first-order valence-corrected chi connectivity index (χ1v) is 7.12. The van der Waals surface area contributed by atoms with E-state index in [1.165, 1.54) is 33.0 Å². The molecular weight excluding hydrogens is 256 g/mol. The lowest BCUT2D eigenvalue weighted by molar-refractivity contribution is 0.643. The molecule has 0 radical (unpaired) electrons. The van der Waals surface area contributed by atoms with E-state index in [0.717, 1.165) is 5.69 Å². The minimum Gasteiger partial charge on any atom is -0.369 e. The summed E-state index contributed by atoms with van der Waals surface area (Å²) < 4.78 is 0. The second-order valence-electron chi connectivity index (χ2n) is 5.61. The summed E-state index contributed by atoms with van der Waals surface area (Å²) in [6.07, 6.45) is 1.85. The van der Waals surface area contributed by atoms with E-state index in [1.807, 2.05) is 25.3 Å². The number of fused-ring (bicyclic) bond motifs is 3. The molecule has 2 heteroatoms. The van der Waals surface area contributed by atoms with Gasteiger partial charge in [-0.15, -0.1) is 0 Å². The second-order valence-corrected chi connectivity index (χ2v) is 5.61. The number of rotatable bonds is 2. The Bertz CT molecular complexity index is 847. The zero-order chi connectivity index (χ0) is 14.4. The van der Waals surface area contributed by atoms with Crippen molar-refractivity contribution >= 4 is 22.8 Å². The lowest BCUT2D eigenvalue weighted by Gasteiger charge is -2.07. The summed E-state index contributed by atoms with van der Waals surface area (Å²) in [5.41, 5.74) is 6.32. The summed E-state index contributed by atoms with van der Waals surface area (Å²) in [5, 5.41) is 2.55. The molecule has 0 amide bonds. The fourth-order valence-electron chi connectivity index (χ4n) is 3.08. The third-order valence-electron chi connectivity index (χ3n) is 3.95. The van der Waals surface area contributed by atoms with Crippen molar-refractivity contribution in [2.75, 3.05) is 14.1 Å². The van der Waals surface area contributed by atoms with Crippen LogP contribution < -0.4 is 0 Å². The lowest BCUT2D eigenvalue weighted by atomic mass is 10.0. The predicted molar refractivity (Wildman–Crippen MR) is 90.2 cm³/mol. The highest BCUT2D eigenvalue weighted by molar-refractivity contribution is 6.17. The molecule has 21 heavy (non-hydrogen) atoms. The fourth-order valence-corrected chi connectivity index (χ4v) is 3.08. The van der Waals surface area contributed by atoms with Gasteiger partial charge in [-0.1, -0.05) is 48.5 Å². The molecule has 0 heterocycles. The van der Waals surface area contributed by atoms with Crippen molar-refractivity contribution in [2.45, 2.75) is 0 Å². The SMILES string of the molecule is CN(C)C=Nc1ccc2c3c(cccc13)-c1ccccc1-2. The van der Waals surface area contributed by atoms with Crippen LogP contribution in [0.2, 0.25) is 0 Å². The molecule has 0 saturated heterocycles. The van der Waals surface area contributed by atoms with Crippen molar-refractivity contribution in [1.82, 2.24) is 4.90 Å². The van der Waals surface area contributed by atoms with Gasteiger partial charge >= 0.3 is 0 Å². The fraction of sp³-hybridized carbons (Fsp3) is 0.105. The highest BCUT2D eigenvalue weighted by atomic mass is 15.1. The summed E-state index contributed by atoms with van der Waals surface area (Å²) in [7, 11) is 3.97. The molecule has 0 spiro atoms. The van der Waals surface area contributed by atoms with Crippen molar-refractivity contribution in [2.24, 2.45) is 4.99 Å². The number of hydrogen-bond donors (Lipinski definition) is 0. The van der Waals surface area contributed by atoms with E-state index in [0.29, 0.717) is 0 Å². The topological polar surface area (TPSA) is 15.6 Å². The molecule has 0 aliphatic heterocycles.